The topological polar surface area (TPSA) is 58.8 Å². The molecule has 6 aliphatic rings. The molecule has 4 fully saturated rings. The Hall–Kier alpha value is -2.22. The van der Waals surface area contributed by atoms with Gasteiger partial charge in [-0.05, 0) is 97.4 Å². The number of Topliss-reactive ketones (excluding diaryl/α,β-unsaturated/α-hetero) is 1. The Morgan fingerprint density at radius 1 is 1.00 bits per heavy atom. The van der Waals surface area contributed by atoms with Gasteiger partial charge >= 0.3 is 0 Å². The first-order valence-electron chi connectivity index (χ1n) is 16.2. The van der Waals surface area contributed by atoms with Gasteiger partial charge in [0.15, 0.2) is 11.6 Å². The predicted molar refractivity (Wildman–Crippen MR) is 160 cm³/mol. The minimum Gasteiger partial charge on any atom is -0.343 e. The van der Waals surface area contributed by atoms with E-state index in [1.807, 2.05) is 30.9 Å². The number of rotatable bonds is 3. The molecule has 41 heavy (non-hydrogen) atoms. The molecular weight excluding hydrogens is 508 g/mol. The smallest absolute Gasteiger partial charge is 0.226 e. The van der Waals surface area contributed by atoms with Crippen molar-refractivity contribution in [1.29, 1.82) is 0 Å². The highest BCUT2D eigenvalue weighted by molar-refractivity contribution is 6.03. The lowest BCUT2D eigenvalue weighted by Gasteiger charge is -2.69. The Balaban J connectivity index is 1.43. The number of carbonyl (C=O) groups excluding carboxylic acids is 3. The maximum Gasteiger partial charge on any atom is 0.226 e. The molecule has 5 aliphatic carbocycles. The first-order chi connectivity index (χ1) is 19.0. The molecule has 0 bridgehead atoms. The molecule has 5 heteroatoms. The van der Waals surface area contributed by atoms with Gasteiger partial charge in [0, 0.05) is 36.3 Å². The fourth-order valence-corrected chi connectivity index (χ4v) is 11.2. The molecular formula is C36H50N2O3. The number of nitrogens with zero attached hydrogens (tertiary/aromatic N) is 2. The fourth-order valence-electron chi connectivity index (χ4n) is 11.2. The van der Waals surface area contributed by atoms with Crippen LogP contribution < -0.4 is 0 Å². The molecule has 0 spiro atoms. The van der Waals surface area contributed by atoms with Gasteiger partial charge in [-0.25, -0.2) is 4.85 Å². The molecule has 3 saturated carbocycles. The Morgan fingerprint density at radius 2 is 1.68 bits per heavy atom. The van der Waals surface area contributed by atoms with Crippen LogP contribution in [0.5, 0.6) is 0 Å². The molecule has 6 rings (SSSR count). The zero-order valence-corrected chi connectivity index (χ0v) is 26.5. The predicted octanol–water partition coefficient (Wildman–Crippen LogP) is 7.57. The van der Waals surface area contributed by atoms with Crippen molar-refractivity contribution in [3.63, 3.8) is 0 Å². The standard InChI is InChI=1S/C36H50N2O3/c1-31(2)14-16-36(13-11-28(40)38-18-9-19-38)17-15-35(7)29(23(36)21-31)25(39)20-27-33(5)22-24(37-8)30(41)32(3,4)26(33)10-12-34(27,35)6/h20,22-23,26,29H,9-19,21H2,1-7H3/t23-,26-,29-,33-,34+,35+,36+/m0/s1. The average Bonchev–Trinajstić information content (AvgIpc) is 2.85. The Morgan fingerprint density at radius 3 is 2.32 bits per heavy atom. The maximum atomic E-state index is 14.6. The highest BCUT2D eigenvalue weighted by Gasteiger charge is 2.69. The third kappa shape index (κ3) is 3.80. The van der Waals surface area contributed by atoms with Gasteiger partial charge in [-0.1, -0.05) is 60.1 Å². The molecule has 1 amide bonds. The molecule has 0 N–H and O–H groups in total. The third-order valence-electron chi connectivity index (χ3n) is 14.1. The van der Waals surface area contributed by atoms with Crippen molar-refractivity contribution in [1.82, 2.24) is 4.90 Å². The molecule has 1 aliphatic heterocycles. The first-order valence-corrected chi connectivity index (χ1v) is 16.2. The fraction of sp³-hybridized carbons (Fsp3) is 0.778. The molecule has 7 atom stereocenters. The highest BCUT2D eigenvalue weighted by Crippen LogP contribution is 2.75. The van der Waals surface area contributed by atoms with E-state index in [1.165, 1.54) is 5.57 Å². The van der Waals surface area contributed by atoms with Crippen molar-refractivity contribution < 1.29 is 14.4 Å². The van der Waals surface area contributed by atoms with Crippen LogP contribution in [0, 0.1) is 56.8 Å². The van der Waals surface area contributed by atoms with E-state index >= 15 is 0 Å². The molecule has 0 radical (unpaired) electrons. The van der Waals surface area contributed by atoms with Gasteiger partial charge in [0.2, 0.25) is 11.6 Å². The second-order valence-corrected chi connectivity index (χ2v) is 16.8. The van der Waals surface area contributed by atoms with Gasteiger partial charge in [0.05, 0.1) is 6.57 Å². The summed E-state index contributed by atoms with van der Waals surface area (Å²) in [5, 5.41) is 0. The lowest BCUT2D eigenvalue weighted by molar-refractivity contribution is -0.173. The maximum absolute atomic E-state index is 14.6. The second kappa shape index (κ2) is 8.90. The van der Waals surface area contributed by atoms with Gasteiger partial charge in [-0.15, -0.1) is 0 Å². The van der Waals surface area contributed by atoms with Crippen LogP contribution in [-0.2, 0) is 14.4 Å². The summed E-state index contributed by atoms with van der Waals surface area (Å²) in [6.45, 7) is 25.4. The lowest BCUT2D eigenvalue weighted by Crippen LogP contribution is -2.64. The van der Waals surface area contributed by atoms with Crippen LogP contribution >= 0.6 is 0 Å². The zero-order valence-electron chi connectivity index (χ0n) is 26.5. The van der Waals surface area contributed by atoms with Crippen molar-refractivity contribution in [2.24, 2.45) is 50.2 Å². The van der Waals surface area contributed by atoms with Crippen LogP contribution in [0.15, 0.2) is 23.4 Å². The van der Waals surface area contributed by atoms with E-state index < -0.39 is 10.8 Å². The van der Waals surface area contributed by atoms with Crippen molar-refractivity contribution >= 4 is 17.5 Å². The summed E-state index contributed by atoms with van der Waals surface area (Å²) < 4.78 is 0. The molecule has 5 nitrogen and oxygen atoms in total. The Kier molecular flexibility index (Phi) is 6.27. The third-order valence-corrected chi connectivity index (χ3v) is 14.1. The van der Waals surface area contributed by atoms with E-state index in [0.717, 1.165) is 70.9 Å². The summed E-state index contributed by atoms with van der Waals surface area (Å²) in [5.74, 6) is 0.811. The van der Waals surface area contributed by atoms with Gasteiger partial charge < -0.3 is 9.69 Å². The molecule has 1 saturated heterocycles. The van der Waals surface area contributed by atoms with Crippen LogP contribution in [0.4, 0.5) is 0 Å². The van der Waals surface area contributed by atoms with E-state index in [4.69, 9.17) is 6.57 Å². The lowest BCUT2D eigenvalue weighted by atomic mass is 9.34. The number of hydrogen-bond acceptors (Lipinski definition) is 3. The van der Waals surface area contributed by atoms with E-state index in [0.29, 0.717) is 12.3 Å². The number of likely N-dealkylation sites (tertiary alicyclic amines) is 1. The quantitative estimate of drug-likeness (QED) is 0.336. The summed E-state index contributed by atoms with van der Waals surface area (Å²) in [6.07, 6.45) is 13.9. The van der Waals surface area contributed by atoms with E-state index in [9.17, 15) is 14.4 Å². The van der Waals surface area contributed by atoms with Crippen LogP contribution in [0.3, 0.4) is 0 Å². The molecule has 1 heterocycles. The summed E-state index contributed by atoms with van der Waals surface area (Å²) in [6, 6.07) is 0. The van der Waals surface area contributed by atoms with Gasteiger partial charge in [-0.3, -0.25) is 9.59 Å². The number of allylic oxidation sites excluding steroid dienone is 4. The van der Waals surface area contributed by atoms with Crippen LogP contribution in [0.1, 0.15) is 113 Å². The minimum atomic E-state index is -0.634. The number of carbonyl (C=O) groups is 3. The summed E-state index contributed by atoms with van der Waals surface area (Å²) >= 11 is 0. The SMILES string of the molecule is [C-]#[N+]C1=C[C@]2(C)C3=CC(=O)[C@@H]4[C@@H]5CC(C)(C)CC[C@]5(CCC(=O)N5CCC5)CC[C@@]4(C)[C@]3(C)CC[C@H]2C(C)(C)C1=O. The summed E-state index contributed by atoms with van der Waals surface area (Å²) in [7, 11) is 0. The molecule has 0 aromatic carbocycles. The number of ketones is 2. The first kappa shape index (κ1) is 28.9. The van der Waals surface area contributed by atoms with Gasteiger partial charge in [0.25, 0.3) is 0 Å². The number of hydrogen-bond donors (Lipinski definition) is 0. The molecule has 222 valence electrons. The van der Waals surface area contributed by atoms with Crippen LogP contribution in [-0.4, -0.2) is 35.5 Å². The normalized spacial score (nSPS) is 44.1. The Bertz CT molecular complexity index is 1310. The molecule has 0 aromatic heterocycles. The summed E-state index contributed by atoms with van der Waals surface area (Å²) in [5.41, 5.74) is 0.145. The van der Waals surface area contributed by atoms with E-state index in [-0.39, 0.29) is 56.7 Å². The van der Waals surface area contributed by atoms with E-state index in [2.05, 4.69) is 39.5 Å². The largest absolute Gasteiger partial charge is 0.343 e. The second-order valence-electron chi connectivity index (χ2n) is 16.8. The number of fused-ring (bicyclic) bond motifs is 7. The Labute approximate surface area is 247 Å². The minimum absolute atomic E-state index is 0.0496. The van der Waals surface area contributed by atoms with Gasteiger partial charge in [-0.2, -0.15) is 0 Å². The van der Waals surface area contributed by atoms with Crippen molar-refractivity contribution in [2.75, 3.05) is 13.1 Å². The van der Waals surface area contributed by atoms with Gasteiger partial charge in [0.1, 0.15) is 0 Å². The summed E-state index contributed by atoms with van der Waals surface area (Å²) in [4.78, 5) is 46.6. The monoisotopic (exact) mass is 558 g/mol. The van der Waals surface area contributed by atoms with Crippen molar-refractivity contribution in [3.8, 4) is 0 Å². The van der Waals surface area contributed by atoms with Crippen molar-refractivity contribution in [2.45, 2.75) is 113 Å². The highest BCUT2D eigenvalue weighted by atomic mass is 16.2. The van der Waals surface area contributed by atoms with E-state index in [1.54, 1.807) is 0 Å². The molecule has 0 unspecified atom stereocenters. The average molecular weight is 559 g/mol. The van der Waals surface area contributed by atoms with Crippen molar-refractivity contribution in [3.05, 3.63) is 34.8 Å². The zero-order chi connectivity index (χ0) is 29.8. The molecule has 0 aromatic rings. The van der Waals surface area contributed by atoms with Crippen LogP contribution in [0.2, 0.25) is 0 Å². The number of amides is 1. The van der Waals surface area contributed by atoms with Crippen LogP contribution in [0.25, 0.3) is 4.85 Å².